The molecule has 7 nitrogen and oxygen atoms in total. The van der Waals surface area contributed by atoms with E-state index in [-0.39, 0.29) is 45.5 Å². The van der Waals surface area contributed by atoms with Crippen molar-refractivity contribution in [1.29, 1.82) is 36.8 Å². The van der Waals surface area contributed by atoms with Crippen LogP contribution in [0.2, 0.25) is 0 Å². The zero-order valence-electron chi connectivity index (χ0n) is 25.2. The van der Waals surface area contributed by atoms with Crippen LogP contribution in [0.5, 0.6) is 0 Å². The van der Waals surface area contributed by atoms with E-state index in [0.29, 0.717) is 12.1 Å². The van der Waals surface area contributed by atoms with Gasteiger partial charge >= 0.3 is 18.5 Å². The molecule has 16 heteroatoms. The molecule has 3 aromatic rings. The Labute approximate surface area is 286 Å². The van der Waals surface area contributed by atoms with Gasteiger partial charge in [0, 0.05) is 33.4 Å². The van der Waals surface area contributed by atoms with Gasteiger partial charge in [-0.25, -0.2) is 0 Å². The molecule has 0 amide bonds. The molecule has 0 atom stereocenters. The van der Waals surface area contributed by atoms with Gasteiger partial charge in [0.1, 0.15) is 47.6 Å². The maximum Gasteiger partial charge on any atom is 0.417 e. The Morgan fingerprint density at radius 3 is 1.17 bits per heavy atom. The van der Waals surface area contributed by atoms with E-state index in [1.807, 2.05) is 0 Å². The highest BCUT2D eigenvalue weighted by Gasteiger charge is 2.44. The fourth-order valence-corrected chi connectivity index (χ4v) is 6.03. The van der Waals surface area contributed by atoms with Gasteiger partial charge in [-0.3, -0.25) is 0 Å². The third-order valence-electron chi connectivity index (χ3n) is 8.06. The smallest absolute Gasteiger partial charge is 0.192 e. The number of rotatable bonds is 2. The van der Waals surface area contributed by atoms with Crippen LogP contribution in [0.25, 0.3) is 33.4 Å². The maximum absolute atomic E-state index is 13.9. The first-order valence-corrected chi connectivity index (χ1v) is 13.9. The number of hydrogen-bond acceptors (Lipinski definition) is 7. The van der Waals surface area contributed by atoms with Crippen molar-refractivity contribution in [2.75, 3.05) is 0 Å². The first-order valence-electron chi connectivity index (χ1n) is 13.9. The summed E-state index contributed by atoms with van der Waals surface area (Å²) in [7, 11) is 0. The lowest BCUT2D eigenvalue weighted by Crippen LogP contribution is -2.16. The summed E-state index contributed by atoms with van der Waals surface area (Å²) in [6, 6.07) is 16.4. The largest absolute Gasteiger partial charge is 0.417 e. The Balaban J connectivity index is 1.93. The van der Waals surface area contributed by atoms with Gasteiger partial charge < -0.3 is 0 Å². The quantitative estimate of drug-likeness (QED) is 0.189. The molecule has 52 heavy (non-hydrogen) atoms. The molecule has 0 fully saturated rings. The number of fused-ring (bicyclic) bond motifs is 2. The zero-order chi connectivity index (χ0) is 38.5. The lowest BCUT2D eigenvalue weighted by Gasteiger charge is -2.18. The van der Waals surface area contributed by atoms with Gasteiger partial charge in [-0.2, -0.15) is 76.3 Å². The summed E-state index contributed by atoms with van der Waals surface area (Å²) >= 11 is 0. The van der Waals surface area contributed by atoms with Crippen LogP contribution in [0.1, 0.15) is 55.6 Å². The molecule has 0 aliphatic heterocycles. The lowest BCUT2D eigenvalue weighted by molar-refractivity contribution is -0.162. The van der Waals surface area contributed by atoms with E-state index in [9.17, 15) is 76.3 Å². The van der Waals surface area contributed by atoms with Gasteiger partial charge in [-0.1, -0.05) is 12.1 Å². The fourth-order valence-electron chi connectivity index (χ4n) is 6.03. The van der Waals surface area contributed by atoms with Crippen molar-refractivity contribution in [3.05, 3.63) is 115 Å². The van der Waals surface area contributed by atoms with Crippen molar-refractivity contribution in [2.45, 2.75) is 18.5 Å². The Bertz CT molecular complexity index is 2570. The number of alkyl halides is 9. The lowest BCUT2D eigenvalue weighted by atomic mass is 9.88. The van der Waals surface area contributed by atoms with E-state index in [4.69, 9.17) is 0 Å². The minimum absolute atomic E-state index is 0.0953. The van der Waals surface area contributed by atoms with Crippen molar-refractivity contribution in [2.24, 2.45) is 0 Å². The SMILES string of the molecule is N#CC(C#N)=C1C(c2ccc(C#N)c(C(F)(F)F)c2)=C(C#N)c2cc3c(cc21)C(=C(C#N)C#N)C(c1ccc(C(F)(F)F)c(C(F)(F)F)c1)=C3C#N. The molecular formula is C36H8F9N7. The van der Waals surface area contributed by atoms with E-state index in [1.54, 1.807) is 24.3 Å². The summed E-state index contributed by atoms with van der Waals surface area (Å²) in [5.41, 5.74) is -12.8. The van der Waals surface area contributed by atoms with Crippen LogP contribution in [-0.4, -0.2) is 0 Å². The van der Waals surface area contributed by atoms with Crippen molar-refractivity contribution >= 4 is 33.4 Å². The minimum atomic E-state index is -5.57. The predicted molar refractivity (Wildman–Crippen MR) is 160 cm³/mol. The van der Waals surface area contributed by atoms with E-state index in [0.717, 1.165) is 24.3 Å². The molecule has 0 saturated carbocycles. The van der Waals surface area contributed by atoms with Gasteiger partial charge in [0.15, 0.2) is 0 Å². The molecule has 250 valence electrons. The number of halogens is 9. The summed E-state index contributed by atoms with van der Waals surface area (Å²) in [4.78, 5) is 0. The molecule has 2 aliphatic rings. The van der Waals surface area contributed by atoms with Gasteiger partial charge in [0.05, 0.1) is 39.5 Å². The highest BCUT2D eigenvalue weighted by Crippen LogP contribution is 2.55. The number of allylic oxidation sites excluding steroid dienone is 8. The summed E-state index contributed by atoms with van der Waals surface area (Å²) in [5.74, 6) is 0. The van der Waals surface area contributed by atoms with E-state index in [2.05, 4.69) is 0 Å². The van der Waals surface area contributed by atoms with E-state index in [1.165, 1.54) is 18.2 Å². The number of nitriles is 7. The molecule has 0 spiro atoms. The second-order valence-electron chi connectivity index (χ2n) is 10.7. The van der Waals surface area contributed by atoms with Crippen LogP contribution >= 0.6 is 0 Å². The molecule has 0 aromatic heterocycles. The Kier molecular flexibility index (Phi) is 8.51. The zero-order valence-corrected chi connectivity index (χ0v) is 25.2. The highest BCUT2D eigenvalue weighted by molar-refractivity contribution is 6.29. The van der Waals surface area contributed by atoms with Crippen molar-refractivity contribution < 1.29 is 39.5 Å². The van der Waals surface area contributed by atoms with Crippen LogP contribution in [0, 0.1) is 79.3 Å². The second-order valence-corrected chi connectivity index (χ2v) is 10.7. The molecular weight excluding hydrogens is 701 g/mol. The topological polar surface area (TPSA) is 167 Å². The summed E-state index contributed by atoms with van der Waals surface area (Å²) in [6.45, 7) is 0. The first-order chi connectivity index (χ1) is 24.4. The molecule has 0 radical (unpaired) electrons. The standard InChI is InChI=1S/C36H8F9N7/c37-34(38,39)27-4-3-17(6-29(27)36(43,44)45)31-26(15-52)22-7-21-23(8-24(22)33(31)20(12-49)13-50)32(19(10-47)11-48)30(25(21)14-51)16-1-2-18(9-46)28(5-16)35(40,41)42/h1-8H. The summed E-state index contributed by atoms with van der Waals surface area (Å²) < 4.78 is 124. The van der Waals surface area contributed by atoms with Gasteiger partial charge in [-0.05, 0) is 58.7 Å². The third-order valence-corrected chi connectivity index (χ3v) is 8.06. The monoisotopic (exact) mass is 709 g/mol. The normalized spacial score (nSPS) is 13.5. The molecule has 0 N–H and O–H groups in total. The Morgan fingerprint density at radius 1 is 0.423 bits per heavy atom. The molecule has 3 aromatic carbocycles. The maximum atomic E-state index is 13.9. The number of benzene rings is 3. The van der Waals surface area contributed by atoms with Crippen molar-refractivity contribution in [3.8, 4) is 42.5 Å². The fraction of sp³-hybridized carbons (Fsp3) is 0.0833. The van der Waals surface area contributed by atoms with E-state index < -0.39 is 85.4 Å². The molecule has 0 unspecified atom stereocenters. The molecule has 0 heterocycles. The van der Waals surface area contributed by atoms with Crippen LogP contribution in [0.15, 0.2) is 59.7 Å². The van der Waals surface area contributed by atoms with Crippen molar-refractivity contribution in [1.82, 2.24) is 0 Å². The molecule has 2 aliphatic carbocycles. The van der Waals surface area contributed by atoms with Gasteiger partial charge in [-0.15, -0.1) is 0 Å². The highest BCUT2D eigenvalue weighted by atomic mass is 19.4. The third kappa shape index (κ3) is 5.56. The summed E-state index contributed by atoms with van der Waals surface area (Å²) in [5, 5.41) is 69.3. The Morgan fingerprint density at radius 2 is 0.808 bits per heavy atom. The number of nitrogens with zero attached hydrogens (tertiary/aromatic N) is 7. The van der Waals surface area contributed by atoms with Crippen LogP contribution in [-0.2, 0) is 18.5 Å². The molecule has 0 bridgehead atoms. The van der Waals surface area contributed by atoms with Gasteiger partial charge in [0.25, 0.3) is 0 Å². The average molecular weight is 709 g/mol. The number of hydrogen-bond donors (Lipinski definition) is 0. The second kappa shape index (κ2) is 12.4. The summed E-state index contributed by atoms with van der Waals surface area (Å²) in [6.07, 6.45) is -16.1. The van der Waals surface area contributed by atoms with E-state index >= 15 is 0 Å². The molecule has 0 saturated heterocycles. The van der Waals surface area contributed by atoms with Crippen LogP contribution < -0.4 is 0 Å². The van der Waals surface area contributed by atoms with Crippen LogP contribution in [0.3, 0.4) is 0 Å². The predicted octanol–water partition coefficient (Wildman–Crippen LogP) is 9.11. The minimum Gasteiger partial charge on any atom is -0.192 e. The molecule has 5 rings (SSSR count). The van der Waals surface area contributed by atoms with Crippen LogP contribution in [0.4, 0.5) is 39.5 Å². The average Bonchev–Trinajstić information content (AvgIpc) is 3.58. The first kappa shape index (κ1) is 35.7. The van der Waals surface area contributed by atoms with Gasteiger partial charge in [0.2, 0.25) is 0 Å². The Hall–Kier alpha value is -7.58. The van der Waals surface area contributed by atoms with Crippen molar-refractivity contribution in [3.63, 3.8) is 0 Å².